The molecule has 1 aliphatic heterocycles. The van der Waals surface area contributed by atoms with E-state index in [4.69, 9.17) is 10.5 Å². The van der Waals surface area contributed by atoms with Crippen molar-refractivity contribution in [3.8, 4) is 5.75 Å². The van der Waals surface area contributed by atoms with Gasteiger partial charge < -0.3 is 10.5 Å². The largest absolute Gasteiger partial charge is 0.493 e. The summed E-state index contributed by atoms with van der Waals surface area (Å²) >= 11 is 0. The van der Waals surface area contributed by atoms with Gasteiger partial charge in [0.1, 0.15) is 5.75 Å². The molecule has 2 rings (SSSR count). The second kappa shape index (κ2) is 6.56. The highest BCUT2D eigenvalue weighted by Gasteiger charge is 2.26. The average Bonchev–Trinajstić information content (AvgIpc) is 2.45. The Morgan fingerprint density at radius 1 is 1.40 bits per heavy atom. The zero-order chi connectivity index (χ0) is 14.6. The van der Waals surface area contributed by atoms with Crippen molar-refractivity contribution < 1.29 is 13.2 Å². The molecular weight excluding hydrogens is 276 g/mol. The summed E-state index contributed by atoms with van der Waals surface area (Å²) in [5.74, 6) is 1.04. The van der Waals surface area contributed by atoms with E-state index in [1.54, 1.807) is 4.31 Å². The van der Waals surface area contributed by atoms with Crippen molar-refractivity contribution in [2.75, 3.05) is 26.0 Å². The quantitative estimate of drug-likeness (QED) is 0.886. The van der Waals surface area contributed by atoms with Gasteiger partial charge in [0.15, 0.2) is 0 Å². The Labute approximate surface area is 120 Å². The van der Waals surface area contributed by atoms with E-state index in [9.17, 15) is 8.42 Å². The number of nitrogens with zero attached hydrogens (tertiary/aromatic N) is 1. The summed E-state index contributed by atoms with van der Waals surface area (Å²) in [4.78, 5) is 0. The first-order chi connectivity index (χ1) is 9.50. The Kier molecular flexibility index (Phi) is 5.01. The molecule has 1 aromatic carbocycles. The maximum absolute atomic E-state index is 11.6. The van der Waals surface area contributed by atoms with Crippen LogP contribution >= 0.6 is 0 Å². The highest BCUT2D eigenvalue weighted by Crippen LogP contribution is 2.22. The third kappa shape index (κ3) is 3.94. The number of para-hydroxylation sites is 1. The van der Waals surface area contributed by atoms with Crippen LogP contribution in [0.5, 0.6) is 5.75 Å². The van der Waals surface area contributed by atoms with Crippen molar-refractivity contribution in [2.24, 2.45) is 11.7 Å². The van der Waals surface area contributed by atoms with Crippen LogP contribution in [-0.4, -0.2) is 38.7 Å². The van der Waals surface area contributed by atoms with Crippen LogP contribution in [-0.2, 0) is 16.6 Å². The van der Waals surface area contributed by atoms with Crippen LogP contribution in [0.15, 0.2) is 24.3 Å². The van der Waals surface area contributed by atoms with Crippen LogP contribution in [0.2, 0.25) is 0 Å². The van der Waals surface area contributed by atoms with Gasteiger partial charge in [0.05, 0.1) is 12.9 Å². The number of piperidine rings is 1. The lowest BCUT2D eigenvalue weighted by Crippen LogP contribution is -2.41. The van der Waals surface area contributed by atoms with Gasteiger partial charge in [-0.05, 0) is 18.9 Å². The Hall–Kier alpha value is -1.11. The molecule has 20 heavy (non-hydrogen) atoms. The van der Waals surface area contributed by atoms with Crippen LogP contribution in [0.3, 0.4) is 0 Å². The molecule has 6 heteroatoms. The van der Waals surface area contributed by atoms with Gasteiger partial charge in [0.25, 0.3) is 0 Å². The Balaban J connectivity index is 1.94. The minimum atomic E-state index is -3.10. The predicted octanol–water partition coefficient (Wildman–Crippen LogP) is 1.20. The van der Waals surface area contributed by atoms with Crippen LogP contribution in [0.4, 0.5) is 0 Å². The lowest BCUT2D eigenvalue weighted by molar-refractivity contribution is 0.180. The van der Waals surface area contributed by atoms with Crippen molar-refractivity contribution in [3.05, 3.63) is 29.8 Å². The molecule has 0 aromatic heterocycles. The van der Waals surface area contributed by atoms with Crippen LogP contribution < -0.4 is 10.5 Å². The zero-order valence-electron chi connectivity index (χ0n) is 11.8. The summed E-state index contributed by atoms with van der Waals surface area (Å²) in [5.41, 5.74) is 6.65. The molecule has 1 aromatic rings. The summed E-state index contributed by atoms with van der Waals surface area (Å²) in [6, 6.07) is 7.69. The highest BCUT2D eigenvalue weighted by atomic mass is 32.2. The molecule has 0 spiro atoms. The molecule has 0 bridgehead atoms. The maximum atomic E-state index is 11.6. The molecule has 112 valence electrons. The molecule has 0 saturated carbocycles. The molecule has 0 aliphatic carbocycles. The molecule has 1 saturated heterocycles. The molecule has 1 heterocycles. The molecule has 1 unspecified atom stereocenters. The molecule has 1 atom stereocenters. The first-order valence-electron chi connectivity index (χ1n) is 6.86. The van der Waals surface area contributed by atoms with E-state index in [-0.39, 0.29) is 5.92 Å². The Morgan fingerprint density at radius 3 is 2.85 bits per heavy atom. The number of ether oxygens (including phenoxy) is 1. The standard InChI is InChI=1S/C14H22N2O3S/c1-20(17,18)16-8-4-5-12(10-16)11-19-14-7-3-2-6-13(14)9-15/h2-3,6-7,12H,4-5,8-11,15H2,1H3. The molecular formula is C14H22N2O3S. The summed E-state index contributed by atoms with van der Waals surface area (Å²) in [6.07, 6.45) is 3.15. The number of hydrogen-bond donors (Lipinski definition) is 1. The second-order valence-electron chi connectivity index (χ2n) is 5.25. The molecule has 1 fully saturated rings. The first-order valence-corrected chi connectivity index (χ1v) is 8.71. The van der Waals surface area contributed by atoms with Crippen molar-refractivity contribution >= 4 is 10.0 Å². The fourth-order valence-corrected chi connectivity index (χ4v) is 3.43. The smallest absolute Gasteiger partial charge is 0.211 e. The summed E-state index contributed by atoms with van der Waals surface area (Å²) in [7, 11) is -3.10. The van der Waals surface area contributed by atoms with E-state index in [1.165, 1.54) is 6.26 Å². The number of nitrogens with two attached hydrogens (primary N) is 1. The normalized spacial score (nSPS) is 20.8. The van der Waals surface area contributed by atoms with Gasteiger partial charge >= 0.3 is 0 Å². The Morgan fingerprint density at radius 2 is 2.15 bits per heavy atom. The topological polar surface area (TPSA) is 72.6 Å². The van der Waals surface area contributed by atoms with Crippen molar-refractivity contribution in [1.29, 1.82) is 0 Å². The SMILES string of the molecule is CS(=O)(=O)N1CCCC(COc2ccccc2CN)C1. The first kappa shape index (κ1) is 15.3. The van der Waals surface area contributed by atoms with E-state index in [0.29, 0.717) is 26.2 Å². The van der Waals surface area contributed by atoms with Gasteiger partial charge in [0.2, 0.25) is 10.0 Å². The van der Waals surface area contributed by atoms with E-state index >= 15 is 0 Å². The summed E-state index contributed by atoms with van der Waals surface area (Å²) in [5, 5.41) is 0. The maximum Gasteiger partial charge on any atom is 0.211 e. The minimum Gasteiger partial charge on any atom is -0.493 e. The van der Waals surface area contributed by atoms with Crippen molar-refractivity contribution in [1.82, 2.24) is 4.31 Å². The van der Waals surface area contributed by atoms with Crippen molar-refractivity contribution in [2.45, 2.75) is 19.4 Å². The van der Waals surface area contributed by atoms with Gasteiger partial charge in [-0.3, -0.25) is 0 Å². The van der Waals surface area contributed by atoms with Gasteiger partial charge in [0, 0.05) is 31.1 Å². The van der Waals surface area contributed by atoms with Crippen LogP contribution in [0, 0.1) is 5.92 Å². The number of rotatable bonds is 5. The minimum absolute atomic E-state index is 0.240. The van der Waals surface area contributed by atoms with Gasteiger partial charge in [-0.1, -0.05) is 18.2 Å². The van der Waals surface area contributed by atoms with Crippen LogP contribution in [0.25, 0.3) is 0 Å². The third-order valence-corrected chi connectivity index (χ3v) is 4.89. The van der Waals surface area contributed by atoms with Gasteiger partial charge in [-0.2, -0.15) is 0 Å². The molecule has 1 aliphatic rings. The average molecular weight is 298 g/mol. The monoisotopic (exact) mass is 298 g/mol. The van der Waals surface area contributed by atoms with Gasteiger partial charge in [-0.15, -0.1) is 0 Å². The second-order valence-corrected chi connectivity index (χ2v) is 7.23. The molecule has 0 radical (unpaired) electrons. The van der Waals surface area contributed by atoms with Crippen LogP contribution in [0.1, 0.15) is 18.4 Å². The molecule has 2 N–H and O–H groups in total. The summed E-state index contributed by atoms with van der Waals surface area (Å²) < 4.78 is 30.5. The van der Waals surface area contributed by atoms with Gasteiger partial charge in [-0.25, -0.2) is 12.7 Å². The highest BCUT2D eigenvalue weighted by molar-refractivity contribution is 7.88. The van der Waals surface area contributed by atoms with E-state index in [1.807, 2.05) is 24.3 Å². The zero-order valence-corrected chi connectivity index (χ0v) is 12.6. The summed E-state index contributed by atoms with van der Waals surface area (Å²) in [6.45, 7) is 2.14. The predicted molar refractivity (Wildman–Crippen MR) is 79.0 cm³/mol. The lowest BCUT2D eigenvalue weighted by atomic mass is 10.0. The molecule has 5 nitrogen and oxygen atoms in total. The number of sulfonamides is 1. The fourth-order valence-electron chi connectivity index (χ4n) is 2.49. The lowest BCUT2D eigenvalue weighted by Gasteiger charge is -2.30. The Bertz CT molecular complexity index is 545. The van der Waals surface area contributed by atoms with Crippen molar-refractivity contribution in [3.63, 3.8) is 0 Å². The number of benzene rings is 1. The van der Waals surface area contributed by atoms with E-state index in [0.717, 1.165) is 24.2 Å². The molecule has 0 amide bonds. The number of hydrogen-bond acceptors (Lipinski definition) is 4. The van der Waals surface area contributed by atoms with E-state index < -0.39 is 10.0 Å². The fraction of sp³-hybridized carbons (Fsp3) is 0.571. The van der Waals surface area contributed by atoms with E-state index in [2.05, 4.69) is 0 Å². The third-order valence-electron chi connectivity index (χ3n) is 3.62.